The fourth-order valence-electron chi connectivity index (χ4n) is 2.97. The third-order valence-electron chi connectivity index (χ3n) is 4.38. The highest BCUT2D eigenvalue weighted by Gasteiger charge is 2.21. The predicted molar refractivity (Wildman–Crippen MR) is 106 cm³/mol. The van der Waals surface area contributed by atoms with E-state index in [9.17, 15) is 4.79 Å². The fourth-order valence-corrected chi connectivity index (χ4v) is 2.97. The molecule has 0 unspecified atom stereocenters. The number of nitrogens with one attached hydrogen (secondary N) is 1. The van der Waals surface area contributed by atoms with Gasteiger partial charge in [-0.3, -0.25) is 4.79 Å². The highest BCUT2D eigenvalue weighted by molar-refractivity contribution is 6.08. The molecule has 0 bridgehead atoms. The van der Waals surface area contributed by atoms with Gasteiger partial charge in [0.05, 0.1) is 6.61 Å². The first-order chi connectivity index (χ1) is 13.1. The number of carbonyl (C=O) groups excluding carboxylic acids is 1. The monoisotopic (exact) mass is 365 g/mol. The van der Waals surface area contributed by atoms with E-state index in [4.69, 9.17) is 9.63 Å². The molecular weight excluding hydrogens is 342 g/mol. The average molecular weight is 365 g/mol. The van der Waals surface area contributed by atoms with Crippen LogP contribution in [0.2, 0.25) is 0 Å². The van der Waals surface area contributed by atoms with Crippen LogP contribution < -0.4 is 10.2 Å². The van der Waals surface area contributed by atoms with Gasteiger partial charge < -0.3 is 19.8 Å². The van der Waals surface area contributed by atoms with Crippen LogP contribution in [0.4, 0.5) is 11.4 Å². The van der Waals surface area contributed by atoms with E-state index in [2.05, 4.69) is 15.4 Å². The summed E-state index contributed by atoms with van der Waals surface area (Å²) < 4.78 is 5.26. The number of aliphatic hydroxyl groups excluding tert-OH is 1. The molecule has 6 nitrogen and oxygen atoms in total. The Labute approximate surface area is 158 Å². The molecule has 1 aromatic heterocycles. The number of benzene rings is 2. The average Bonchev–Trinajstić information content (AvgIpc) is 3.09. The van der Waals surface area contributed by atoms with E-state index < -0.39 is 0 Å². The van der Waals surface area contributed by atoms with Crippen LogP contribution in [0, 0.1) is 6.92 Å². The van der Waals surface area contributed by atoms with Gasteiger partial charge in [-0.2, -0.15) is 0 Å². The lowest BCUT2D eigenvalue weighted by Crippen LogP contribution is -2.26. The third kappa shape index (κ3) is 4.17. The van der Waals surface area contributed by atoms with E-state index >= 15 is 0 Å². The number of aryl methyl sites for hydroxylation is 1. The molecule has 27 heavy (non-hydrogen) atoms. The number of amides is 1. The molecule has 0 fully saturated rings. The number of hydrogen-bond acceptors (Lipinski definition) is 5. The highest BCUT2D eigenvalue weighted by Crippen LogP contribution is 2.26. The summed E-state index contributed by atoms with van der Waals surface area (Å²) in [5, 5.41) is 16.1. The number of nitrogens with zero attached hydrogens (tertiary/aromatic N) is 2. The van der Waals surface area contributed by atoms with Crippen LogP contribution in [0.5, 0.6) is 0 Å². The van der Waals surface area contributed by atoms with E-state index in [1.807, 2.05) is 61.5 Å². The van der Waals surface area contributed by atoms with Crippen LogP contribution in [-0.2, 0) is 0 Å². The normalized spacial score (nSPS) is 10.6. The third-order valence-corrected chi connectivity index (χ3v) is 4.38. The Morgan fingerprint density at radius 1 is 1.15 bits per heavy atom. The minimum absolute atomic E-state index is 0.0986. The number of rotatable bonds is 7. The number of aliphatic hydroxyl groups is 1. The van der Waals surface area contributed by atoms with E-state index in [1.165, 1.54) is 0 Å². The van der Waals surface area contributed by atoms with E-state index in [0.29, 0.717) is 29.2 Å². The Morgan fingerprint density at radius 2 is 1.85 bits per heavy atom. The van der Waals surface area contributed by atoms with Gasteiger partial charge in [-0.25, -0.2) is 0 Å². The van der Waals surface area contributed by atoms with Crippen molar-refractivity contribution in [1.29, 1.82) is 0 Å². The summed E-state index contributed by atoms with van der Waals surface area (Å²) >= 11 is 0. The number of aromatic nitrogens is 1. The first kappa shape index (κ1) is 18.7. The zero-order valence-electron chi connectivity index (χ0n) is 15.5. The van der Waals surface area contributed by atoms with Crippen molar-refractivity contribution in [2.24, 2.45) is 0 Å². The molecule has 1 amide bonds. The zero-order chi connectivity index (χ0) is 19.2. The molecular formula is C21H23N3O3. The van der Waals surface area contributed by atoms with E-state index in [0.717, 1.165) is 17.8 Å². The molecule has 0 saturated heterocycles. The summed E-state index contributed by atoms with van der Waals surface area (Å²) in [6.45, 7) is 5.23. The van der Waals surface area contributed by atoms with Gasteiger partial charge in [0.15, 0.2) is 0 Å². The van der Waals surface area contributed by atoms with Crippen molar-refractivity contribution in [3.63, 3.8) is 0 Å². The molecule has 2 aromatic carbocycles. The van der Waals surface area contributed by atoms with Crippen molar-refractivity contribution in [2.45, 2.75) is 13.8 Å². The molecule has 0 atom stereocenters. The maximum absolute atomic E-state index is 12.8. The molecule has 6 heteroatoms. The lowest BCUT2D eigenvalue weighted by atomic mass is 10.1. The molecule has 0 aliphatic rings. The van der Waals surface area contributed by atoms with Gasteiger partial charge in [0, 0.05) is 30.0 Å². The standard InChI is InChI=1S/C21H23N3O3/c1-3-24(13-14-25)18-11-9-17(10-12-18)22-21(26)19-15(2)27-23-20(19)16-7-5-4-6-8-16/h4-12,25H,3,13-14H2,1-2H3,(H,22,26). The van der Waals surface area contributed by atoms with Crippen molar-refractivity contribution in [2.75, 3.05) is 29.9 Å². The number of hydrogen-bond donors (Lipinski definition) is 2. The minimum Gasteiger partial charge on any atom is -0.395 e. The lowest BCUT2D eigenvalue weighted by molar-refractivity contribution is 0.102. The zero-order valence-corrected chi connectivity index (χ0v) is 15.5. The molecule has 0 aliphatic carbocycles. The van der Waals surface area contributed by atoms with Gasteiger partial charge in [0.1, 0.15) is 17.0 Å². The molecule has 0 saturated carbocycles. The summed E-state index contributed by atoms with van der Waals surface area (Å²) in [7, 11) is 0. The summed E-state index contributed by atoms with van der Waals surface area (Å²) in [6, 6.07) is 17.0. The van der Waals surface area contributed by atoms with Gasteiger partial charge in [0.2, 0.25) is 0 Å². The van der Waals surface area contributed by atoms with Gasteiger partial charge in [-0.1, -0.05) is 35.5 Å². The predicted octanol–water partition coefficient (Wildman–Crippen LogP) is 3.72. The molecule has 3 rings (SSSR count). The number of carbonyl (C=O) groups is 1. The first-order valence-electron chi connectivity index (χ1n) is 8.93. The van der Waals surface area contributed by atoms with Crippen LogP contribution in [0.15, 0.2) is 59.1 Å². The van der Waals surface area contributed by atoms with Gasteiger partial charge in [-0.05, 0) is 38.1 Å². The molecule has 2 N–H and O–H groups in total. The topological polar surface area (TPSA) is 78.6 Å². The second-order valence-corrected chi connectivity index (χ2v) is 6.13. The molecule has 1 heterocycles. The quantitative estimate of drug-likeness (QED) is 0.667. The summed E-state index contributed by atoms with van der Waals surface area (Å²) in [4.78, 5) is 14.9. The van der Waals surface area contributed by atoms with Gasteiger partial charge >= 0.3 is 0 Å². The highest BCUT2D eigenvalue weighted by atomic mass is 16.5. The second kappa shape index (κ2) is 8.51. The molecule has 0 aliphatic heterocycles. The van der Waals surface area contributed by atoms with E-state index in [1.54, 1.807) is 6.92 Å². The van der Waals surface area contributed by atoms with Crippen molar-refractivity contribution in [3.05, 3.63) is 65.9 Å². The largest absolute Gasteiger partial charge is 0.395 e. The van der Waals surface area contributed by atoms with Crippen molar-refractivity contribution >= 4 is 17.3 Å². The Balaban J connectivity index is 1.79. The first-order valence-corrected chi connectivity index (χ1v) is 8.93. The van der Waals surface area contributed by atoms with Crippen molar-refractivity contribution in [3.8, 4) is 11.3 Å². The summed E-state index contributed by atoms with van der Waals surface area (Å²) in [6.07, 6.45) is 0. The lowest BCUT2D eigenvalue weighted by Gasteiger charge is -2.22. The number of anilines is 2. The summed E-state index contributed by atoms with van der Waals surface area (Å²) in [5.41, 5.74) is 3.47. The van der Waals surface area contributed by atoms with Crippen LogP contribution in [0.25, 0.3) is 11.3 Å². The maximum atomic E-state index is 12.8. The van der Waals surface area contributed by atoms with Crippen LogP contribution in [0.3, 0.4) is 0 Å². The second-order valence-electron chi connectivity index (χ2n) is 6.13. The Morgan fingerprint density at radius 3 is 2.48 bits per heavy atom. The molecule has 3 aromatic rings. The summed E-state index contributed by atoms with van der Waals surface area (Å²) in [5.74, 6) is 0.214. The van der Waals surface area contributed by atoms with E-state index in [-0.39, 0.29) is 12.5 Å². The minimum atomic E-state index is -0.261. The Hall–Kier alpha value is -3.12. The SMILES string of the molecule is CCN(CCO)c1ccc(NC(=O)c2c(-c3ccccc3)noc2C)cc1. The number of likely N-dealkylation sites (N-methyl/N-ethyl adjacent to an activating group) is 1. The fraction of sp³-hybridized carbons (Fsp3) is 0.238. The maximum Gasteiger partial charge on any atom is 0.261 e. The molecule has 0 radical (unpaired) electrons. The molecule has 140 valence electrons. The van der Waals surface area contributed by atoms with Crippen molar-refractivity contribution < 1.29 is 14.4 Å². The van der Waals surface area contributed by atoms with Gasteiger partial charge in [0.25, 0.3) is 5.91 Å². The molecule has 0 spiro atoms. The van der Waals surface area contributed by atoms with Crippen molar-refractivity contribution in [1.82, 2.24) is 5.16 Å². The smallest absolute Gasteiger partial charge is 0.261 e. The van der Waals surface area contributed by atoms with Crippen LogP contribution >= 0.6 is 0 Å². The van der Waals surface area contributed by atoms with Crippen LogP contribution in [0.1, 0.15) is 23.0 Å². The Bertz CT molecular complexity index is 889. The van der Waals surface area contributed by atoms with Crippen LogP contribution in [-0.4, -0.2) is 35.9 Å². The van der Waals surface area contributed by atoms with Gasteiger partial charge in [-0.15, -0.1) is 0 Å². The Kier molecular flexibility index (Phi) is 5.88.